The fourth-order valence-corrected chi connectivity index (χ4v) is 4.32. The van der Waals surface area contributed by atoms with E-state index in [1.54, 1.807) is 54.6 Å². The Kier molecular flexibility index (Phi) is 6.95. The second kappa shape index (κ2) is 9.18. The highest BCUT2D eigenvalue weighted by Crippen LogP contribution is 2.20. The van der Waals surface area contributed by atoms with E-state index in [2.05, 4.69) is 14.8 Å². The molecule has 1 atom stereocenters. The number of esters is 2. The van der Waals surface area contributed by atoms with Gasteiger partial charge in [-0.25, -0.2) is 8.42 Å². The van der Waals surface area contributed by atoms with E-state index in [0.717, 1.165) is 19.8 Å². The third kappa shape index (κ3) is 5.07. The molecule has 0 aliphatic rings. The van der Waals surface area contributed by atoms with E-state index in [9.17, 15) is 18.0 Å². The summed E-state index contributed by atoms with van der Waals surface area (Å²) in [6.07, 6.45) is 0.0442. The van der Waals surface area contributed by atoms with Crippen LogP contribution >= 0.6 is 0 Å². The van der Waals surface area contributed by atoms with Crippen LogP contribution in [0.15, 0.2) is 60.7 Å². The Morgan fingerprint density at radius 1 is 0.889 bits per heavy atom. The summed E-state index contributed by atoms with van der Waals surface area (Å²) in [6.45, 7) is 0. The molecular formula is C19H21NO6S. The van der Waals surface area contributed by atoms with Crippen molar-refractivity contribution in [3.05, 3.63) is 66.2 Å². The summed E-state index contributed by atoms with van der Waals surface area (Å²) < 4.78 is 35.4. The summed E-state index contributed by atoms with van der Waals surface area (Å²) >= 11 is 0. The molecule has 0 aliphatic carbocycles. The van der Waals surface area contributed by atoms with Crippen molar-refractivity contribution in [3.63, 3.8) is 0 Å². The minimum Gasteiger partial charge on any atom is -0.468 e. The first-order valence-corrected chi connectivity index (χ1v) is 9.75. The predicted molar refractivity (Wildman–Crippen MR) is 101 cm³/mol. The van der Waals surface area contributed by atoms with Gasteiger partial charge in [0.25, 0.3) is 5.25 Å². The maximum Gasteiger partial charge on any atom is 0.335 e. The molecule has 0 spiro atoms. The largest absolute Gasteiger partial charge is 0.468 e. The van der Waals surface area contributed by atoms with Crippen LogP contribution in [0.25, 0.3) is 0 Å². The van der Waals surface area contributed by atoms with Crippen molar-refractivity contribution in [1.82, 2.24) is 0 Å². The molecule has 0 radical (unpaired) electrons. The first kappa shape index (κ1) is 20.4. The average Bonchev–Trinajstić information content (AvgIpc) is 2.68. The third-order valence-electron chi connectivity index (χ3n) is 3.92. The lowest BCUT2D eigenvalue weighted by molar-refractivity contribution is -0.150. The summed E-state index contributed by atoms with van der Waals surface area (Å²) in [4.78, 5) is 24.1. The molecule has 1 unspecified atom stereocenters. The minimum absolute atomic E-state index is 0.0442. The molecule has 0 aliphatic heterocycles. The minimum atomic E-state index is -4.34. The van der Waals surface area contributed by atoms with Gasteiger partial charge >= 0.3 is 11.9 Å². The monoisotopic (exact) mass is 391 g/mol. The number of anilines is 1. The molecule has 2 aromatic rings. The molecular weight excluding hydrogens is 370 g/mol. The molecule has 0 heterocycles. The van der Waals surface area contributed by atoms with Gasteiger partial charge in [-0.05, 0) is 17.7 Å². The summed E-state index contributed by atoms with van der Waals surface area (Å²) in [7, 11) is -2.31. The molecule has 0 saturated carbocycles. The maximum absolute atomic E-state index is 13.2. The molecule has 2 aromatic carbocycles. The average molecular weight is 391 g/mol. The van der Waals surface area contributed by atoms with Crippen molar-refractivity contribution >= 4 is 27.5 Å². The number of sulfone groups is 1. The number of nitrogens with one attached hydrogen (secondary N) is 1. The number of hydrogen-bond donors (Lipinski definition) is 1. The molecule has 2 rings (SSSR count). The zero-order chi connectivity index (χ0) is 19.9. The van der Waals surface area contributed by atoms with Crippen LogP contribution in [0.5, 0.6) is 0 Å². The number of carbonyl (C=O) groups excluding carboxylic acids is 2. The number of hydrogen-bond acceptors (Lipinski definition) is 7. The van der Waals surface area contributed by atoms with Gasteiger partial charge < -0.3 is 14.8 Å². The standard InChI is InChI=1S/C19H21NO6S/c1-25-18(21)17(19(22)26-2)27(23,24)16(13-14-9-5-3-6-10-14)20-15-11-7-4-8-12-15/h3-12,16-17,20H,13H2,1-2H3. The Hall–Kier alpha value is -2.87. The first-order valence-electron chi connectivity index (χ1n) is 8.14. The van der Waals surface area contributed by atoms with Crippen molar-refractivity contribution in [3.8, 4) is 0 Å². The quantitative estimate of drug-likeness (QED) is 0.541. The summed E-state index contributed by atoms with van der Waals surface area (Å²) in [5.41, 5.74) is 1.26. The van der Waals surface area contributed by atoms with Crippen LogP contribution < -0.4 is 5.32 Å². The van der Waals surface area contributed by atoms with Gasteiger partial charge in [0.15, 0.2) is 9.84 Å². The Bertz CT molecular complexity index is 810. The summed E-state index contributed by atoms with van der Waals surface area (Å²) in [5.74, 6) is -2.37. The molecule has 1 N–H and O–H groups in total. The zero-order valence-corrected chi connectivity index (χ0v) is 15.8. The van der Waals surface area contributed by atoms with E-state index in [0.29, 0.717) is 5.69 Å². The SMILES string of the molecule is COC(=O)C(C(=O)OC)S(=O)(=O)C(Cc1ccccc1)Nc1ccccc1. The van der Waals surface area contributed by atoms with E-state index in [4.69, 9.17) is 0 Å². The Morgan fingerprint density at radius 2 is 1.37 bits per heavy atom. The topological polar surface area (TPSA) is 98.8 Å². The highest BCUT2D eigenvalue weighted by molar-refractivity contribution is 7.94. The molecule has 0 fully saturated rings. The van der Waals surface area contributed by atoms with Gasteiger partial charge in [0.1, 0.15) is 5.37 Å². The lowest BCUT2D eigenvalue weighted by atomic mass is 10.1. The van der Waals surface area contributed by atoms with E-state index in [1.165, 1.54) is 0 Å². The zero-order valence-electron chi connectivity index (χ0n) is 15.0. The number of carbonyl (C=O) groups is 2. The fraction of sp³-hybridized carbons (Fsp3) is 0.263. The number of para-hydroxylation sites is 1. The molecule has 0 saturated heterocycles. The van der Waals surface area contributed by atoms with E-state index >= 15 is 0 Å². The van der Waals surface area contributed by atoms with Gasteiger partial charge in [0.2, 0.25) is 0 Å². The van der Waals surface area contributed by atoms with Crippen LogP contribution in [0.3, 0.4) is 0 Å². The van der Waals surface area contributed by atoms with Gasteiger partial charge in [0.05, 0.1) is 14.2 Å². The molecule has 0 aromatic heterocycles. The van der Waals surface area contributed by atoms with Crippen molar-refractivity contribution in [2.24, 2.45) is 0 Å². The second-order valence-corrected chi connectivity index (χ2v) is 7.92. The first-order chi connectivity index (χ1) is 12.9. The number of ether oxygens (including phenoxy) is 2. The summed E-state index contributed by atoms with van der Waals surface area (Å²) in [5, 5.41) is -0.414. The van der Waals surface area contributed by atoms with Crippen molar-refractivity contribution in [2.45, 2.75) is 17.0 Å². The van der Waals surface area contributed by atoms with Crippen LogP contribution in [0.2, 0.25) is 0 Å². The van der Waals surface area contributed by atoms with Crippen LogP contribution in [-0.2, 0) is 35.3 Å². The van der Waals surface area contributed by atoms with Crippen LogP contribution in [0, 0.1) is 0 Å². The smallest absolute Gasteiger partial charge is 0.335 e. The summed E-state index contributed by atoms with van der Waals surface area (Å²) in [6, 6.07) is 17.6. The third-order valence-corrected chi connectivity index (χ3v) is 6.04. The number of rotatable bonds is 8. The lowest BCUT2D eigenvalue weighted by Gasteiger charge is -2.24. The highest BCUT2D eigenvalue weighted by Gasteiger charge is 2.46. The highest BCUT2D eigenvalue weighted by atomic mass is 32.2. The van der Waals surface area contributed by atoms with Gasteiger partial charge in [-0.15, -0.1) is 0 Å². The van der Waals surface area contributed by atoms with E-state index < -0.39 is 32.4 Å². The van der Waals surface area contributed by atoms with Gasteiger partial charge in [-0.3, -0.25) is 9.59 Å². The number of benzene rings is 2. The second-order valence-electron chi connectivity index (χ2n) is 5.70. The lowest BCUT2D eigenvalue weighted by Crippen LogP contribution is -2.47. The predicted octanol–water partition coefficient (Wildman–Crippen LogP) is 1.80. The molecule has 144 valence electrons. The van der Waals surface area contributed by atoms with Gasteiger partial charge in [-0.2, -0.15) is 0 Å². The van der Waals surface area contributed by atoms with Crippen molar-refractivity contribution in [2.75, 3.05) is 19.5 Å². The molecule has 27 heavy (non-hydrogen) atoms. The fourth-order valence-electron chi connectivity index (χ4n) is 2.54. The van der Waals surface area contributed by atoms with E-state index in [-0.39, 0.29) is 6.42 Å². The van der Waals surface area contributed by atoms with Crippen LogP contribution in [0.4, 0.5) is 5.69 Å². The van der Waals surface area contributed by atoms with Crippen molar-refractivity contribution < 1.29 is 27.5 Å². The van der Waals surface area contributed by atoms with Crippen molar-refractivity contribution in [1.29, 1.82) is 0 Å². The molecule has 7 nitrogen and oxygen atoms in total. The normalized spacial score (nSPS) is 12.3. The van der Waals surface area contributed by atoms with Gasteiger partial charge in [0, 0.05) is 12.1 Å². The van der Waals surface area contributed by atoms with Crippen LogP contribution in [-0.4, -0.2) is 45.2 Å². The Labute approximate surface area is 158 Å². The Morgan fingerprint density at radius 3 is 1.85 bits per heavy atom. The maximum atomic E-state index is 13.2. The van der Waals surface area contributed by atoms with Gasteiger partial charge in [-0.1, -0.05) is 48.5 Å². The number of methoxy groups -OCH3 is 2. The Balaban J connectivity index is 2.45. The molecule has 0 bridgehead atoms. The molecule has 8 heteroatoms. The van der Waals surface area contributed by atoms with Crippen LogP contribution in [0.1, 0.15) is 5.56 Å². The molecule has 0 amide bonds. The van der Waals surface area contributed by atoms with E-state index in [1.807, 2.05) is 6.07 Å².